The second-order valence-corrected chi connectivity index (χ2v) is 8.03. The van der Waals surface area contributed by atoms with Crippen molar-refractivity contribution in [1.82, 2.24) is 14.5 Å². The van der Waals surface area contributed by atoms with Gasteiger partial charge in [-0.25, -0.2) is 8.42 Å². The Morgan fingerprint density at radius 1 is 1.43 bits per heavy atom. The zero-order valence-corrected chi connectivity index (χ0v) is 13.8. The van der Waals surface area contributed by atoms with Gasteiger partial charge in [-0.3, -0.25) is 10.1 Å². The van der Waals surface area contributed by atoms with Gasteiger partial charge in [0.25, 0.3) is 0 Å². The van der Waals surface area contributed by atoms with Crippen LogP contribution in [0.4, 0.5) is 5.13 Å². The van der Waals surface area contributed by atoms with E-state index in [1.165, 1.54) is 15.6 Å². The van der Waals surface area contributed by atoms with Gasteiger partial charge in [-0.1, -0.05) is 25.2 Å². The van der Waals surface area contributed by atoms with Crippen molar-refractivity contribution in [2.24, 2.45) is 0 Å². The Labute approximate surface area is 128 Å². The number of hydrogen-bond donors (Lipinski definition) is 1. The van der Waals surface area contributed by atoms with Crippen LogP contribution < -0.4 is 5.32 Å². The summed E-state index contributed by atoms with van der Waals surface area (Å²) in [5.74, 6) is -0.235. The number of nitrogens with one attached hydrogen (secondary N) is 1. The molecule has 21 heavy (non-hydrogen) atoms. The van der Waals surface area contributed by atoms with Crippen LogP contribution in [0, 0.1) is 0 Å². The van der Waals surface area contributed by atoms with E-state index in [4.69, 9.17) is 0 Å². The van der Waals surface area contributed by atoms with Crippen molar-refractivity contribution in [1.29, 1.82) is 0 Å². The maximum atomic E-state index is 12.3. The summed E-state index contributed by atoms with van der Waals surface area (Å²) in [4.78, 5) is 12.3. The normalized spacial score (nSPS) is 19.8. The molecule has 2 heterocycles. The predicted molar refractivity (Wildman–Crippen MR) is 81.7 cm³/mol. The highest BCUT2D eigenvalue weighted by molar-refractivity contribution is 7.89. The predicted octanol–water partition coefficient (Wildman–Crippen LogP) is 1.24. The monoisotopic (exact) mass is 332 g/mol. The lowest BCUT2D eigenvalue weighted by Gasteiger charge is -2.22. The minimum atomic E-state index is -3.36. The van der Waals surface area contributed by atoms with Gasteiger partial charge in [0.2, 0.25) is 21.1 Å². The fourth-order valence-electron chi connectivity index (χ4n) is 2.35. The lowest BCUT2D eigenvalue weighted by atomic mass is 10.2. The number of rotatable bonds is 6. The minimum Gasteiger partial charge on any atom is -0.299 e. The Balaban J connectivity index is 2.07. The average Bonchev–Trinajstić information content (AvgIpc) is 3.07. The van der Waals surface area contributed by atoms with Gasteiger partial charge in [-0.05, 0) is 25.7 Å². The van der Waals surface area contributed by atoms with Crippen LogP contribution in [0.1, 0.15) is 38.1 Å². The fourth-order valence-corrected chi connectivity index (χ4v) is 4.78. The summed E-state index contributed by atoms with van der Waals surface area (Å²) in [6.45, 7) is 4.19. The molecule has 0 radical (unpaired) electrons. The van der Waals surface area contributed by atoms with Crippen LogP contribution in [-0.2, 0) is 21.2 Å². The van der Waals surface area contributed by atoms with E-state index in [1.54, 1.807) is 0 Å². The third-order valence-corrected chi connectivity index (χ3v) is 6.38. The largest absolute Gasteiger partial charge is 0.299 e. The van der Waals surface area contributed by atoms with Crippen molar-refractivity contribution in [2.75, 3.05) is 17.6 Å². The maximum absolute atomic E-state index is 12.3. The smallest absolute Gasteiger partial charge is 0.244 e. The van der Waals surface area contributed by atoms with E-state index in [2.05, 4.69) is 15.5 Å². The molecule has 2 rings (SSSR count). The summed E-state index contributed by atoms with van der Waals surface area (Å²) in [5, 5.41) is 11.8. The van der Waals surface area contributed by atoms with Crippen LogP contribution in [0.3, 0.4) is 0 Å². The Morgan fingerprint density at radius 2 is 2.19 bits per heavy atom. The quantitative estimate of drug-likeness (QED) is 0.846. The number of nitrogens with zero attached hydrogens (tertiary/aromatic N) is 3. The number of anilines is 1. The summed E-state index contributed by atoms with van der Waals surface area (Å²) in [6.07, 6.45) is 2.56. The van der Waals surface area contributed by atoms with E-state index in [0.717, 1.165) is 11.4 Å². The van der Waals surface area contributed by atoms with Gasteiger partial charge in [0, 0.05) is 6.54 Å². The van der Waals surface area contributed by atoms with E-state index < -0.39 is 16.1 Å². The third-order valence-electron chi connectivity index (χ3n) is 3.33. The molecule has 1 saturated heterocycles. The zero-order valence-electron chi connectivity index (χ0n) is 12.2. The van der Waals surface area contributed by atoms with Crippen LogP contribution in [0.5, 0.6) is 0 Å². The number of carbonyl (C=O) groups is 1. The number of aryl methyl sites for hydroxylation is 1. The first-order chi connectivity index (χ1) is 9.97. The van der Waals surface area contributed by atoms with E-state index in [1.807, 2.05) is 13.8 Å². The highest BCUT2D eigenvalue weighted by Crippen LogP contribution is 2.24. The molecule has 1 aromatic rings. The second-order valence-electron chi connectivity index (χ2n) is 4.93. The lowest BCUT2D eigenvalue weighted by Crippen LogP contribution is -2.44. The number of amides is 1. The van der Waals surface area contributed by atoms with E-state index in [-0.39, 0.29) is 11.7 Å². The summed E-state index contributed by atoms with van der Waals surface area (Å²) in [5.41, 5.74) is 0. The number of aromatic nitrogens is 2. The molecule has 1 atom stereocenters. The molecule has 0 saturated carbocycles. The Kier molecular flexibility index (Phi) is 5.28. The van der Waals surface area contributed by atoms with Crippen LogP contribution >= 0.6 is 11.3 Å². The molecule has 0 unspecified atom stereocenters. The first kappa shape index (κ1) is 16.3. The average molecular weight is 332 g/mol. The SMILES string of the molecule is CCCS(=O)(=O)N1CCC[C@H]1C(=O)Nc1nnc(CC)s1. The molecule has 1 N–H and O–H groups in total. The summed E-state index contributed by atoms with van der Waals surface area (Å²) in [6, 6.07) is -0.629. The molecule has 1 fully saturated rings. The van der Waals surface area contributed by atoms with Crippen LogP contribution in [0.25, 0.3) is 0 Å². The molecule has 118 valence electrons. The molecule has 1 aromatic heterocycles. The van der Waals surface area contributed by atoms with Gasteiger partial charge in [0.05, 0.1) is 5.75 Å². The molecule has 0 spiro atoms. The Morgan fingerprint density at radius 3 is 2.81 bits per heavy atom. The molecule has 1 aliphatic rings. The molecule has 0 bridgehead atoms. The molecule has 1 aliphatic heterocycles. The second kappa shape index (κ2) is 6.80. The van der Waals surface area contributed by atoms with Crippen molar-refractivity contribution in [2.45, 2.75) is 45.6 Å². The van der Waals surface area contributed by atoms with Gasteiger partial charge >= 0.3 is 0 Å². The van der Waals surface area contributed by atoms with Gasteiger partial charge in [-0.2, -0.15) is 4.31 Å². The summed E-state index contributed by atoms with van der Waals surface area (Å²) >= 11 is 1.32. The standard InChI is InChI=1S/C12H20N4O3S2/c1-3-8-21(18,19)16-7-5-6-9(16)11(17)13-12-15-14-10(4-2)20-12/h9H,3-8H2,1-2H3,(H,13,15,17)/t9-/m0/s1. The molecule has 9 heteroatoms. The maximum Gasteiger partial charge on any atom is 0.244 e. The van der Waals surface area contributed by atoms with Crippen molar-refractivity contribution in [3.05, 3.63) is 5.01 Å². The van der Waals surface area contributed by atoms with Crippen LogP contribution in [-0.4, -0.2) is 47.2 Å². The van der Waals surface area contributed by atoms with Gasteiger partial charge in [-0.15, -0.1) is 10.2 Å². The molecule has 0 aromatic carbocycles. The number of sulfonamides is 1. The molecular formula is C12H20N4O3S2. The third kappa shape index (κ3) is 3.78. The Bertz CT molecular complexity index is 599. The van der Waals surface area contributed by atoms with E-state index in [9.17, 15) is 13.2 Å². The van der Waals surface area contributed by atoms with Crippen LogP contribution in [0.15, 0.2) is 0 Å². The van der Waals surface area contributed by atoms with Gasteiger partial charge < -0.3 is 0 Å². The minimum absolute atomic E-state index is 0.0789. The zero-order chi connectivity index (χ0) is 15.5. The molecule has 1 amide bonds. The molecular weight excluding hydrogens is 312 g/mol. The first-order valence-corrected chi connectivity index (χ1v) is 9.53. The fraction of sp³-hybridized carbons (Fsp3) is 0.750. The molecule has 0 aliphatic carbocycles. The summed E-state index contributed by atoms with van der Waals surface area (Å²) in [7, 11) is -3.36. The van der Waals surface area contributed by atoms with E-state index in [0.29, 0.717) is 30.9 Å². The topological polar surface area (TPSA) is 92.3 Å². The van der Waals surface area contributed by atoms with Gasteiger partial charge in [0.15, 0.2) is 0 Å². The van der Waals surface area contributed by atoms with Crippen molar-refractivity contribution in [3.63, 3.8) is 0 Å². The lowest BCUT2D eigenvalue weighted by molar-refractivity contribution is -0.119. The Hall–Kier alpha value is -1.06. The molecule has 7 nitrogen and oxygen atoms in total. The van der Waals surface area contributed by atoms with Crippen molar-refractivity contribution in [3.8, 4) is 0 Å². The van der Waals surface area contributed by atoms with E-state index >= 15 is 0 Å². The van der Waals surface area contributed by atoms with Crippen molar-refractivity contribution < 1.29 is 13.2 Å². The number of carbonyl (C=O) groups excluding carboxylic acids is 1. The van der Waals surface area contributed by atoms with Crippen molar-refractivity contribution >= 4 is 32.4 Å². The summed E-state index contributed by atoms with van der Waals surface area (Å²) < 4.78 is 25.7. The highest BCUT2D eigenvalue weighted by Gasteiger charge is 2.38. The van der Waals surface area contributed by atoms with Crippen LogP contribution in [0.2, 0.25) is 0 Å². The highest BCUT2D eigenvalue weighted by atomic mass is 32.2. The first-order valence-electron chi connectivity index (χ1n) is 7.10. The number of hydrogen-bond acceptors (Lipinski definition) is 6. The van der Waals surface area contributed by atoms with Gasteiger partial charge in [0.1, 0.15) is 11.0 Å².